The molecule has 0 aliphatic heterocycles. The maximum atomic E-state index is 11.3. The molecule has 2 aromatic carbocycles. The highest BCUT2D eigenvalue weighted by atomic mass is 32.2. The van der Waals surface area contributed by atoms with Crippen LogP contribution in [0.1, 0.15) is 0 Å². The summed E-state index contributed by atoms with van der Waals surface area (Å²) in [5.41, 5.74) is 5.99. The van der Waals surface area contributed by atoms with Gasteiger partial charge in [0.2, 0.25) is 10.0 Å². The molecule has 0 saturated heterocycles. The number of hydrogen-bond acceptors (Lipinski definition) is 3. The SMILES string of the molecule is Nc1cc(S(N)(=O)=O)c2ccccc2c1. The van der Waals surface area contributed by atoms with Crippen molar-refractivity contribution in [3.63, 3.8) is 0 Å². The van der Waals surface area contributed by atoms with Crippen LogP contribution in [-0.4, -0.2) is 8.42 Å². The van der Waals surface area contributed by atoms with Crippen LogP contribution in [0.2, 0.25) is 0 Å². The summed E-state index contributed by atoms with van der Waals surface area (Å²) in [5, 5.41) is 6.47. The molecule has 0 saturated carbocycles. The Balaban J connectivity index is 2.96. The van der Waals surface area contributed by atoms with E-state index in [0.717, 1.165) is 5.39 Å². The van der Waals surface area contributed by atoms with Crippen LogP contribution in [0, 0.1) is 0 Å². The van der Waals surface area contributed by atoms with Gasteiger partial charge in [-0.1, -0.05) is 24.3 Å². The molecule has 0 radical (unpaired) electrons. The smallest absolute Gasteiger partial charge is 0.238 e. The lowest BCUT2D eigenvalue weighted by atomic mass is 10.1. The number of hydrogen-bond donors (Lipinski definition) is 2. The monoisotopic (exact) mass is 222 g/mol. The highest BCUT2D eigenvalue weighted by Gasteiger charge is 2.12. The Labute approximate surface area is 87.6 Å². The van der Waals surface area contributed by atoms with Crippen molar-refractivity contribution in [2.45, 2.75) is 4.90 Å². The minimum atomic E-state index is -3.73. The molecule has 0 aliphatic carbocycles. The molecule has 4 N–H and O–H groups in total. The fraction of sp³-hybridized carbons (Fsp3) is 0. The highest BCUT2D eigenvalue weighted by molar-refractivity contribution is 7.89. The van der Waals surface area contributed by atoms with Crippen LogP contribution in [0.25, 0.3) is 10.8 Å². The van der Waals surface area contributed by atoms with Crippen molar-refractivity contribution in [2.75, 3.05) is 5.73 Å². The Kier molecular flexibility index (Phi) is 2.13. The first kappa shape index (κ1) is 9.95. The van der Waals surface area contributed by atoms with Crippen LogP contribution in [0.15, 0.2) is 41.3 Å². The summed E-state index contributed by atoms with van der Waals surface area (Å²) in [6.45, 7) is 0. The zero-order valence-electron chi connectivity index (χ0n) is 7.84. The summed E-state index contributed by atoms with van der Waals surface area (Å²) in [6.07, 6.45) is 0. The van der Waals surface area contributed by atoms with Gasteiger partial charge >= 0.3 is 0 Å². The lowest BCUT2D eigenvalue weighted by molar-refractivity contribution is 0.598. The average molecular weight is 222 g/mol. The molecule has 15 heavy (non-hydrogen) atoms. The molecular formula is C10H10N2O2S. The third-order valence-electron chi connectivity index (χ3n) is 2.15. The van der Waals surface area contributed by atoms with Crippen molar-refractivity contribution in [3.8, 4) is 0 Å². The topological polar surface area (TPSA) is 86.2 Å². The van der Waals surface area contributed by atoms with E-state index in [4.69, 9.17) is 10.9 Å². The minimum absolute atomic E-state index is 0.0677. The summed E-state index contributed by atoms with van der Waals surface area (Å²) in [7, 11) is -3.73. The minimum Gasteiger partial charge on any atom is -0.399 e. The number of fused-ring (bicyclic) bond motifs is 1. The van der Waals surface area contributed by atoms with Crippen molar-refractivity contribution < 1.29 is 8.42 Å². The number of primary sulfonamides is 1. The van der Waals surface area contributed by atoms with Gasteiger partial charge in [0.1, 0.15) is 0 Å². The van der Waals surface area contributed by atoms with E-state index in [-0.39, 0.29) is 4.90 Å². The third kappa shape index (κ3) is 1.79. The summed E-state index contributed by atoms with van der Waals surface area (Å²) >= 11 is 0. The van der Waals surface area contributed by atoms with Gasteiger partial charge in [0.05, 0.1) is 4.90 Å². The summed E-state index contributed by atoms with van der Waals surface area (Å²) < 4.78 is 22.6. The second-order valence-electron chi connectivity index (χ2n) is 3.29. The van der Waals surface area contributed by atoms with Gasteiger partial charge in [0.15, 0.2) is 0 Å². The van der Waals surface area contributed by atoms with E-state index in [2.05, 4.69) is 0 Å². The zero-order chi connectivity index (χ0) is 11.1. The third-order valence-corrected chi connectivity index (χ3v) is 3.10. The van der Waals surface area contributed by atoms with E-state index in [1.54, 1.807) is 24.3 Å². The number of nitrogens with two attached hydrogens (primary N) is 2. The van der Waals surface area contributed by atoms with Crippen molar-refractivity contribution in [1.82, 2.24) is 0 Å². The molecule has 0 unspecified atom stereocenters. The van der Waals surface area contributed by atoms with Gasteiger partial charge in [0.25, 0.3) is 0 Å². The molecule has 78 valence electrons. The molecule has 0 bridgehead atoms. The van der Waals surface area contributed by atoms with Crippen molar-refractivity contribution in [1.29, 1.82) is 0 Å². The number of sulfonamides is 1. The Morgan fingerprint density at radius 2 is 1.73 bits per heavy atom. The van der Waals surface area contributed by atoms with Crippen LogP contribution >= 0.6 is 0 Å². The fourth-order valence-electron chi connectivity index (χ4n) is 1.53. The predicted molar refractivity (Wildman–Crippen MR) is 59.7 cm³/mol. The average Bonchev–Trinajstić information content (AvgIpc) is 2.15. The van der Waals surface area contributed by atoms with E-state index in [1.165, 1.54) is 6.07 Å². The van der Waals surface area contributed by atoms with Gasteiger partial charge in [-0.3, -0.25) is 0 Å². The fourth-order valence-corrected chi connectivity index (χ4v) is 2.33. The largest absolute Gasteiger partial charge is 0.399 e. The molecule has 2 aromatic rings. The molecule has 0 heterocycles. The normalized spacial score (nSPS) is 11.8. The van der Waals surface area contributed by atoms with Crippen molar-refractivity contribution in [2.24, 2.45) is 5.14 Å². The summed E-state index contributed by atoms with van der Waals surface area (Å²) in [4.78, 5) is 0.0677. The number of anilines is 1. The number of nitrogen functional groups attached to an aromatic ring is 1. The van der Waals surface area contributed by atoms with Crippen LogP contribution in [0.3, 0.4) is 0 Å². The van der Waals surface area contributed by atoms with Gasteiger partial charge in [0, 0.05) is 11.1 Å². The van der Waals surface area contributed by atoms with Crippen molar-refractivity contribution >= 4 is 26.5 Å². The zero-order valence-corrected chi connectivity index (χ0v) is 8.66. The molecule has 0 spiro atoms. The van der Waals surface area contributed by atoms with E-state index in [0.29, 0.717) is 11.1 Å². The molecule has 0 amide bonds. The molecule has 0 fully saturated rings. The molecule has 0 aromatic heterocycles. The van der Waals surface area contributed by atoms with Gasteiger partial charge in [-0.15, -0.1) is 0 Å². The predicted octanol–water partition coefficient (Wildman–Crippen LogP) is 1.07. The van der Waals surface area contributed by atoms with Crippen LogP contribution < -0.4 is 10.9 Å². The van der Waals surface area contributed by atoms with Crippen LogP contribution in [0.5, 0.6) is 0 Å². The lowest BCUT2D eigenvalue weighted by Crippen LogP contribution is -2.13. The van der Waals surface area contributed by atoms with Gasteiger partial charge in [-0.2, -0.15) is 0 Å². The Morgan fingerprint density at radius 3 is 2.40 bits per heavy atom. The maximum Gasteiger partial charge on any atom is 0.238 e. The molecule has 0 aliphatic rings. The maximum absolute atomic E-state index is 11.3. The molecule has 0 atom stereocenters. The van der Waals surface area contributed by atoms with Gasteiger partial charge in [-0.05, 0) is 17.5 Å². The van der Waals surface area contributed by atoms with Crippen molar-refractivity contribution in [3.05, 3.63) is 36.4 Å². The Morgan fingerprint density at radius 1 is 1.07 bits per heavy atom. The van der Waals surface area contributed by atoms with E-state index in [1.807, 2.05) is 6.07 Å². The summed E-state index contributed by atoms with van der Waals surface area (Å²) in [5.74, 6) is 0. The van der Waals surface area contributed by atoms with E-state index < -0.39 is 10.0 Å². The summed E-state index contributed by atoms with van der Waals surface area (Å²) in [6, 6.07) is 10.2. The van der Waals surface area contributed by atoms with E-state index in [9.17, 15) is 8.42 Å². The quantitative estimate of drug-likeness (QED) is 0.707. The molecule has 2 rings (SSSR count). The van der Waals surface area contributed by atoms with Gasteiger partial charge < -0.3 is 5.73 Å². The van der Waals surface area contributed by atoms with Crippen LogP contribution in [-0.2, 0) is 10.0 Å². The lowest BCUT2D eigenvalue weighted by Gasteiger charge is -2.05. The Hall–Kier alpha value is -1.59. The second-order valence-corrected chi connectivity index (χ2v) is 4.82. The first-order chi connectivity index (χ1) is 6.98. The highest BCUT2D eigenvalue weighted by Crippen LogP contribution is 2.24. The Bertz CT molecular complexity index is 620. The van der Waals surface area contributed by atoms with Gasteiger partial charge in [-0.25, -0.2) is 13.6 Å². The first-order valence-electron chi connectivity index (χ1n) is 4.29. The molecular weight excluding hydrogens is 212 g/mol. The first-order valence-corrected chi connectivity index (χ1v) is 5.84. The number of rotatable bonds is 1. The van der Waals surface area contributed by atoms with Crippen LogP contribution in [0.4, 0.5) is 5.69 Å². The standard InChI is InChI=1S/C10H10N2O2S/c11-8-5-7-3-1-2-4-9(7)10(6-8)15(12,13)14/h1-6H,11H2,(H2,12,13,14). The van der Waals surface area contributed by atoms with E-state index >= 15 is 0 Å². The molecule has 4 nitrogen and oxygen atoms in total. The number of benzene rings is 2. The molecule has 5 heteroatoms. The second kappa shape index (κ2) is 3.22.